The molecule has 3 atom stereocenters. The molecule has 0 saturated heterocycles. The van der Waals surface area contributed by atoms with E-state index in [0.29, 0.717) is 5.69 Å². The number of benzene rings is 1. The van der Waals surface area contributed by atoms with E-state index in [-0.39, 0.29) is 24.0 Å². The third-order valence-corrected chi connectivity index (χ3v) is 4.07. The summed E-state index contributed by atoms with van der Waals surface area (Å²) in [6.45, 7) is 1.84. The fourth-order valence-electron chi connectivity index (χ4n) is 2.81. The van der Waals surface area contributed by atoms with Crippen molar-refractivity contribution in [3.05, 3.63) is 29.6 Å². The van der Waals surface area contributed by atoms with Gasteiger partial charge in [-0.25, -0.2) is 4.39 Å². The highest BCUT2D eigenvalue weighted by Gasteiger charge is 2.28. The van der Waals surface area contributed by atoms with Crippen molar-refractivity contribution in [2.24, 2.45) is 5.73 Å². The van der Waals surface area contributed by atoms with Gasteiger partial charge < -0.3 is 15.7 Å². The van der Waals surface area contributed by atoms with Crippen LogP contribution in [0.25, 0.3) is 0 Å². The van der Waals surface area contributed by atoms with Gasteiger partial charge in [0, 0.05) is 13.1 Å². The van der Waals surface area contributed by atoms with Crippen LogP contribution in [0.5, 0.6) is 0 Å². The minimum absolute atomic E-state index is 0.00407. The van der Waals surface area contributed by atoms with Crippen molar-refractivity contribution in [1.82, 2.24) is 0 Å². The van der Waals surface area contributed by atoms with Crippen molar-refractivity contribution in [3.8, 4) is 0 Å². The SMILES string of the molecule is C[C@H](N)c1ccc(N(C)C2CCCCC2O)c(F)c1. The molecule has 0 aliphatic heterocycles. The molecule has 0 spiro atoms. The molecular formula is C15H23FN2O. The number of aliphatic hydroxyl groups is 1. The molecule has 0 amide bonds. The van der Waals surface area contributed by atoms with Gasteiger partial charge in [-0.3, -0.25) is 0 Å². The molecule has 1 aliphatic carbocycles. The van der Waals surface area contributed by atoms with E-state index in [4.69, 9.17) is 5.73 Å². The van der Waals surface area contributed by atoms with E-state index < -0.39 is 0 Å². The molecule has 1 aromatic carbocycles. The number of anilines is 1. The molecule has 1 saturated carbocycles. The Morgan fingerprint density at radius 2 is 2.05 bits per heavy atom. The fraction of sp³-hybridized carbons (Fsp3) is 0.600. The van der Waals surface area contributed by atoms with Crippen molar-refractivity contribution in [2.75, 3.05) is 11.9 Å². The Morgan fingerprint density at radius 1 is 1.37 bits per heavy atom. The van der Waals surface area contributed by atoms with E-state index >= 15 is 0 Å². The Balaban J connectivity index is 2.21. The predicted octanol–water partition coefficient (Wildman–Crippen LogP) is 2.59. The number of aliphatic hydroxyl groups excluding tert-OH is 1. The Labute approximate surface area is 114 Å². The molecule has 0 bridgehead atoms. The van der Waals surface area contributed by atoms with E-state index in [9.17, 15) is 9.50 Å². The van der Waals surface area contributed by atoms with E-state index in [1.165, 1.54) is 6.07 Å². The summed E-state index contributed by atoms with van der Waals surface area (Å²) in [5.41, 5.74) is 7.08. The first-order valence-corrected chi connectivity index (χ1v) is 6.96. The summed E-state index contributed by atoms with van der Waals surface area (Å²) in [7, 11) is 1.85. The number of nitrogens with two attached hydrogens (primary N) is 1. The summed E-state index contributed by atoms with van der Waals surface area (Å²) in [5, 5.41) is 10.1. The molecule has 2 unspecified atom stereocenters. The zero-order chi connectivity index (χ0) is 14.0. The van der Waals surface area contributed by atoms with Gasteiger partial charge in [0.05, 0.1) is 17.8 Å². The summed E-state index contributed by atoms with van der Waals surface area (Å²) >= 11 is 0. The maximum atomic E-state index is 14.2. The van der Waals surface area contributed by atoms with Crippen LogP contribution in [0.1, 0.15) is 44.2 Å². The van der Waals surface area contributed by atoms with Gasteiger partial charge in [-0.15, -0.1) is 0 Å². The van der Waals surface area contributed by atoms with Gasteiger partial charge >= 0.3 is 0 Å². The summed E-state index contributed by atoms with van der Waals surface area (Å²) in [6.07, 6.45) is 3.48. The summed E-state index contributed by atoms with van der Waals surface area (Å²) in [5.74, 6) is -0.268. The Kier molecular flexibility index (Phi) is 4.42. The third-order valence-electron chi connectivity index (χ3n) is 4.07. The van der Waals surface area contributed by atoms with Crippen LogP contribution >= 0.6 is 0 Å². The molecule has 0 heterocycles. The molecule has 1 aromatic rings. The van der Waals surface area contributed by atoms with E-state index in [2.05, 4.69) is 0 Å². The highest BCUT2D eigenvalue weighted by Crippen LogP contribution is 2.29. The van der Waals surface area contributed by atoms with E-state index in [1.54, 1.807) is 6.07 Å². The third kappa shape index (κ3) is 3.07. The molecule has 106 valence electrons. The first-order valence-electron chi connectivity index (χ1n) is 6.96. The second kappa shape index (κ2) is 5.88. The quantitative estimate of drug-likeness (QED) is 0.884. The van der Waals surface area contributed by atoms with Gasteiger partial charge in [0.25, 0.3) is 0 Å². The van der Waals surface area contributed by atoms with Gasteiger partial charge in [-0.1, -0.05) is 18.9 Å². The largest absolute Gasteiger partial charge is 0.391 e. The Morgan fingerprint density at radius 3 is 2.63 bits per heavy atom. The maximum absolute atomic E-state index is 14.2. The summed E-state index contributed by atoms with van der Waals surface area (Å²) in [6, 6.07) is 4.94. The lowest BCUT2D eigenvalue weighted by Crippen LogP contribution is -2.43. The van der Waals surface area contributed by atoms with Gasteiger partial charge in [-0.05, 0) is 37.5 Å². The topological polar surface area (TPSA) is 49.5 Å². The van der Waals surface area contributed by atoms with Gasteiger partial charge in [0.1, 0.15) is 5.82 Å². The lowest BCUT2D eigenvalue weighted by Gasteiger charge is -2.36. The highest BCUT2D eigenvalue weighted by molar-refractivity contribution is 5.50. The van der Waals surface area contributed by atoms with Crippen molar-refractivity contribution in [1.29, 1.82) is 0 Å². The molecule has 19 heavy (non-hydrogen) atoms. The molecule has 1 fully saturated rings. The summed E-state index contributed by atoms with van der Waals surface area (Å²) in [4.78, 5) is 1.87. The van der Waals surface area contributed by atoms with Crippen molar-refractivity contribution in [3.63, 3.8) is 0 Å². The lowest BCUT2D eigenvalue weighted by molar-refractivity contribution is 0.106. The predicted molar refractivity (Wildman–Crippen MR) is 75.7 cm³/mol. The monoisotopic (exact) mass is 266 g/mol. The number of likely N-dealkylation sites (N-methyl/N-ethyl adjacent to an activating group) is 1. The number of hydrogen-bond acceptors (Lipinski definition) is 3. The van der Waals surface area contributed by atoms with Crippen molar-refractivity contribution in [2.45, 2.75) is 50.8 Å². The Bertz CT molecular complexity index is 436. The van der Waals surface area contributed by atoms with Crippen LogP contribution in [-0.4, -0.2) is 24.3 Å². The smallest absolute Gasteiger partial charge is 0.146 e. The molecule has 2 rings (SSSR count). The average Bonchev–Trinajstić information content (AvgIpc) is 2.38. The average molecular weight is 266 g/mol. The second-order valence-corrected chi connectivity index (χ2v) is 5.53. The fourth-order valence-corrected chi connectivity index (χ4v) is 2.81. The molecule has 3 nitrogen and oxygen atoms in total. The van der Waals surface area contributed by atoms with E-state index in [0.717, 1.165) is 31.2 Å². The first kappa shape index (κ1) is 14.3. The molecule has 0 radical (unpaired) electrons. The molecule has 3 N–H and O–H groups in total. The second-order valence-electron chi connectivity index (χ2n) is 5.53. The summed E-state index contributed by atoms with van der Waals surface area (Å²) < 4.78 is 14.2. The molecule has 0 aromatic heterocycles. The number of halogens is 1. The van der Waals surface area contributed by atoms with Crippen LogP contribution in [0, 0.1) is 5.82 Å². The number of rotatable bonds is 3. The zero-order valence-electron chi connectivity index (χ0n) is 11.6. The van der Waals surface area contributed by atoms with Crippen LogP contribution in [0.4, 0.5) is 10.1 Å². The van der Waals surface area contributed by atoms with Gasteiger partial charge in [-0.2, -0.15) is 0 Å². The molecular weight excluding hydrogens is 243 g/mol. The van der Waals surface area contributed by atoms with Crippen LogP contribution in [0.15, 0.2) is 18.2 Å². The van der Waals surface area contributed by atoms with Crippen LogP contribution in [-0.2, 0) is 0 Å². The molecule has 4 heteroatoms. The standard InChI is InChI=1S/C15H23FN2O/c1-10(17)11-7-8-13(12(16)9-11)18(2)14-5-3-4-6-15(14)19/h7-10,14-15,19H,3-6,17H2,1-2H3/t10-,14?,15?/m0/s1. The van der Waals surface area contributed by atoms with Gasteiger partial charge in [0.2, 0.25) is 0 Å². The van der Waals surface area contributed by atoms with Crippen molar-refractivity contribution < 1.29 is 9.50 Å². The van der Waals surface area contributed by atoms with Crippen LogP contribution in [0.2, 0.25) is 0 Å². The highest BCUT2D eigenvalue weighted by atomic mass is 19.1. The van der Waals surface area contributed by atoms with E-state index in [1.807, 2.05) is 24.9 Å². The zero-order valence-corrected chi connectivity index (χ0v) is 11.6. The lowest BCUT2D eigenvalue weighted by atomic mass is 9.91. The minimum atomic E-state index is -0.369. The maximum Gasteiger partial charge on any atom is 0.146 e. The minimum Gasteiger partial charge on any atom is -0.391 e. The van der Waals surface area contributed by atoms with Crippen LogP contribution < -0.4 is 10.6 Å². The first-order chi connectivity index (χ1) is 9.00. The number of hydrogen-bond donors (Lipinski definition) is 2. The normalized spacial score (nSPS) is 25.1. The van der Waals surface area contributed by atoms with Gasteiger partial charge in [0.15, 0.2) is 0 Å². The molecule has 1 aliphatic rings. The number of nitrogens with zero attached hydrogens (tertiary/aromatic N) is 1. The Hall–Kier alpha value is -1.13. The van der Waals surface area contributed by atoms with Crippen LogP contribution in [0.3, 0.4) is 0 Å². The van der Waals surface area contributed by atoms with Crippen molar-refractivity contribution >= 4 is 5.69 Å².